The Hall–Kier alpha value is -1.47. The molecule has 1 unspecified atom stereocenters. The maximum atomic E-state index is 12.7. The second-order valence-electron chi connectivity index (χ2n) is 7.74. The molecule has 1 aliphatic heterocycles. The highest BCUT2D eigenvalue weighted by Crippen LogP contribution is 2.21. The highest BCUT2D eigenvalue weighted by molar-refractivity contribution is 5.83. The largest absolute Gasteiger partial charge is 0.309 e. The minimum Gasteiger partial charge on any atom is -0.309 e. The molecule has 1 heterocycles. The second kappa shape index (κ2) is 11.3. The summed E-state index contributed by atoms with van der Waals surface area (Å²) in [4.78, 5) is 39.9. The van der Waals surface area contributed by atoms with Gasteiger partial charge < -0.3 is 14.6 Å². The predicted molar refractivity (Wildman–Crippen MR) is 102 cm³/mol. The molecule has 0 saturated carbocycles. The van der Waals surface area contributed by atoms with Crippen molar-refractivity contribution in [3.63, 3.8) is 0 Å². The highest BCUT2D eigenvalue weighted by Gasteiger charge is 2.41. The van der Waals surface area contributed by atoms with Gasteiger partial charge in [0.25, 0.3) is 0 Å². The van der Waals surface area contributed by atoms with Gasteiger partial charge in [-0.25, -0.2) is 5.01 Å². The van der Waals surface area contributed by atoms with Crippen molar-refractivity contribution >= 4 is 18.6 Å². The van der Waals surface area contributed by atoms with Crippen molar-refractivity contribution in [2.45, 2.75) is 65.1 Å². The molecule has 0 N–H and O–H groups in total. The van der Waals surface area contributed by atoms with Crippen molar-refractivity contribution in [1.29, 1.82) is 0 Å². The van der Waals surface area contributed by atoms with Crippen molar-refractivity contribution < 1.29 is 14.4 Å². The number of nitrogens with zero attached hydrogens (tertiary/aromatic N) is 4. The molecule has 0 aromatic heterocycles. The Kier molecular flexibility index (Phi) is 9.80. The molecule has 7 heteroatoms. The predicted octanol–water partition coefficient (Wildman–Crippen LogP) is 1.59. The van der Waals surface area contributed by atoms with Gasteiger partial charge >= 0.3 is 0 Å². The van der Waals surface area contributed by atoms with Crippen LogP contribution in [-0.2, 0) is 14.4 Å². The molecule has 0 bridgehead atoms. The molecule has 1 fully saturated rings. The number of hydrogen-bond donors (Lipinski definition) is 0. The first-order chi connectivity index (χ1) is 12.3. The number of hydrazine groups is 1. The lowest BCUT2D eigenvalue weighted by molar-refractivity contribution is -0.184. The SMILES string of the molecule is CCCCCCN(C)CC1N([C@H](C=O)CC(C)C)C(=O)CN(C)N1C=O. The van der Waals surface area contributed by atoms with E-state index in [1.165, 1.54) is 19.3 Å². The van der Waals surface area contributed by atoms with E-state index in [4.69, 9.17) is 0 Å². The van der Waals surface area contributed by atoms with Crippen LogP contribution in [0.3, 0.4) is 0 Å². The molecular formula is C19H36N4O3. The molecule has 0 radical (unpaired) electrons. The maximum Gasteiger partial charge on any atom is 0.241 e. The molecule has 1 rings (SSSR count). The smallest absolute Gasteiger partial charge is 0.241 e. The van der Waals surface area contributed by atoms with E-state index in [1.54, 1.807) is 22.0 Å². The fraction of sp³-hybridized carbons (Fsp3) is 0.842. The fourth-order valence-electron chi connectivity index (χ4n) is 3.50. The van der Waals surface area contributed by atoms with E-state index < -0.39 is 12.2 Å². The van der Waals surface area contributed by atoms with Gasteiger partial charge in [-0.05, 0) is 32.4 Å². The summed E-state index contributed by atoms with van der Waals surface area (Å²) in [5, 5.41) is 3.18. The molecule has 0 spiro atoms. The van der Waals surface area contributed by atoms with Crippen LogP contribution in [0.1, 0.15) is 52.9 Å². The molecule has 150 valence electrons. The third-order valence-corrected chi connectivity index (χ3v) is 4.88. The summed E-state index contributed by atoms with van der Waals surface area (Å²) in [6.07, 6.45) is 6.42. The van der Waals surface area contributed by atoms with E-state index in [0.29, 0.717) is 13.0 Å². The van der Waals surface area contributed by atoms with Crippen LogP contribution in [0.5, 0.6) is 0 Å². The highest BCUT2D eigenvalue weighted by atomic mass is 16.2. The van der Waals surface area contributed by atoms with Gasteiger partial charge in [-0.3, -0.25) is 14.6 Å². The van der Waals surface area contributed by atoms with E-state index >= 15 is 0 Å². The summed E-state index contributed by atoms with van der Waals surface area (Å²) in [5.74, 6) is 0.183. The molecule has 26 heavy (non-hydrogen) atoms. The number of unbranched alkanes of at least 4 members (excludes halogenated alkanes) is 3. The van der Waals surface area contributed by atoms with E-state index in [0.717, 1.165) is 25.7 Å². The Labute approximate surface area is 158 Å². The summed E-state index contributed by atoms with van der Waals surface area (Å²) in [6, 6.07) is -0.503. The van der Waals surface area contributed by atoms with Crippen LogP contribution in [0.25, 0.3) is 0 Å². The normalized spacial score (nSPS) is 20.1. The molecular weight excluding hydrogens is 332 g/mol. The van der Waals surface area contributed by atoms with Crippen molar-refractivity contribution in [1.82, 2.24) is 19.8 Å². The van der Waals surface area contributed by atoms with Crippen LogP contribution in [0, 0.1) is 5.92 Å². The third kappa shape index (κ3) is 6.36. The average molecular weight is 369 g/mol. The van der Waals surface area contributed by atoms with Crippen molar-refractivity contribution in [3.05, 3.63) is 0 Å². The van der Waals surface area contributed by atoms with E-state index in [1.807, 2.05) is 20.9 Å². The number of aldehydes is 1. The standard InChI is InChI=1S/C19H36N4O3/c1-6-7-8-9-10-20(4)12-18-22(15-25)21(5)13-19(26)23(18)17(14-24)11-16(2)3/h14-18H,6-13H2,1-5H3/t17-,18?/m0/s1. The van der Waals surface area contributed by atoms with Gasteiger partial charge in [-0.2, -0.15) is 0 Å². The van der Waals surface area contributed by atoms with Gasteiger partial charge in [-0.1, -0.05) is 40.0 Å². The summed E-state index contributed by atoms with van der Waals surface area (Å²) in [5.41, 5.74) is 0. The van der Waals surface area contributed by atoms with Crippen LogP contribution >= 0.6 is 0 Å². The summed E-state index contributed by atoms with van der Waals surface area (Å²) < 4.78 is 0. The van der Waals surface area contributed by atoms with E-state index in [9.17, 15) is 14.4 Å². The lowest BCUT2D eigenvalue weighted by atomic mass is 10.0. The van der Waals surface area contributed by atoms with Crippen LogP contribution in [0.15, 0.2) is 0 Å². The first kappa shape index (κ1) is 22.6. The van der Waals surface area contributed by atoms with Gasteiger partial charge in [0.1, 0.15) is 12.5 Å². The third-order valence-electron chi connectivity index (χ3n) is 4.88. The summed E-state index contributed by atoms with van der Waals surface area (Å²) in [6.45, 7) is 7.79. The first-order valence-corrected chi connectivity index (χ1v) is 9.75. The van der Waals surface area contributed by atoms with Gasteiger partial charge in [-0.15, -0.1) is 0 Å². The molecule has 2 amide bonds. The molecule has 1 saturated heterocycles. The van der Waals surface area contributed by atoms with Crippen molar-refractivity contribution in [2.75, 3.05) is 33.7 Å². The Balaban J connectivity index is 2.93. The zero-order chi connectivity index (χ0) is 19.7. The number of rotatable bonds is 12. The average Bonchev–Trinajstić information content (AvgIpc) is 2.57. The molecule has 2 atom stereocenters. The lowest BCUT2D eigenvalue weighted by Gasteiger charge is -2.49. The molecule has 7 nitrogen and oxygen atoms in total. The van der Waals surface area contributed by atoms with Gasteiger partial charge in [0, 0.05) is 13.6 Å². The van der Waals surface area contributed by atoms with Crippen LogP contribution in [0.2, 0.25) is 0 Å². The Morgan fingerprint density at radius 3 is 2.46 bits per heavy atom. The molecule has 0 aromatic rings. The van der Waals surface area contributed by atoms with Crippen LogP contribution in [-0.4, -0.2) is 84.4 Å². The number of likely N-dealkylation sites (N-methyl/N-ethyl adjacent to an activating group) is 2. The first-order valence-electron chi connectivity index (χ1n) is 9.75. The Morgan fingerprint density at radius 2 is 1.92 bits per heavy atom. The zero-order valence-electron chi connectivity index (χ0n) is 17.1. The van der Waals surface area contributed by atoms with Crippen molar-refractivity contribution in [3.8, 4) is 0 Å². The monoisotopic (exact) mass is 368 g/mol. The van der Waals surface area contributed by atoms with Gasteiger partial charge in [0.05, 0.1) is 12.6 Å². The summed E-state index contributed by atoms with van der Waals surface area (Å²) >= 11 is 0. The van der Waals surface area contributed by atoms with E-state index in [2.05, 4.69) is 11.8 Å². The maximum absolute atomic E-state index is 12.7. The molecule has 0 aromatic carbocycles. The topological polar surface area (TPSA) is 64.2 Å². The zero-order valence-corrected chi connectivity index (χ0v) is 17.1. The summed E-state index contributed by atoms with van der Waals surface area (Å²) in [7, 11) is 3.74. The van der Waals surface area contributed by atoms with Crippen LogP contribution in [0.4, 0.5) is 0 Å². The van der Waals surface area contributed by atoms with E-state index in [-0.39, 0.29) is 18.4 Å². The van der Waals surface area contributed by atoms with Gasteiger partial charge in [0.2, 0.25) is 12.3 Å². The number of amides is 2. The fourth-order valence-corrected chi connectivity index (χ4v) is 3.50. The quantitative estimate of drug-likeness (QED) is 0.387. The second-order valence-corrected chi connectivity index (χ2v) is 7.74. The minimum absolute atomic E-state index is 0.104. The number of hydrogen-bond acceptors (Lipinski definition) is 5. The molecule has 1 aliphatic rings. The minimum atomic E-state index is -0.503. The Morgan fingerprint density at radius 1 is 1.23 bits per heavy atom. The number of carbonyl (C=O) groups is 3. The molecule has 0 aliphatic carbocycles. The van der Waals surface area contributed by atoms with Crippen molar-refractivity contribution in [2.24, 2.45) is 5.92 Å². The lowest BCUT2D eigenvalue weighted by Crippen LogP contribution is -2.68. The number of carbonyl (C=O) groups excluding carboxylic acids is 3. The van der Waals surface area contributed by atoms with Gasteiger partial charge in [0.15, 0.2) is 0 Å². The Bertz CT molecular complexity index is 458. The van der Waals surface area contributed by atoms with Crippen LogP contribution < -0.4 is 0 Å².